The third-order valence-corrected chi connectivity index (χ3v) is 4.38. The maximum absolute atomic E-state index is 12.3. The van der Waals surface area contributed by atoms with E-state index in [9.17, 15) is 9.59 Å². The van der Waals surface area contributed by atoms with Gasteiger partial charge in [-0.1, -0.05) is 12.1 Å². The zero-order valence-corrected chi connectivity index (χ0v) is 15.1. The second-order valence-electron chi connectivity index (χ2n) is 6.76. The number of carbonyl (C=O) groups is 2. The highest BCUT2D eigenvalue weighted by atomic mass is 16.5. The molecule has 1 aromatic carbocycles. The Balaban J connectivity index is 1.84. The average Bonchev–Trinajstić information content (AvgIpc) is 2.54. The van der Waals surface area contributed by atoms with E-state index in [0.29, 0.717) is 19.6 Å². The molecule has 1 saturated heterocycles. The summed E-state index contributed by atoms with van der Waals surface area (Å²) in [6.45, 7) is 9.47. The van der Waals surface area contributed by atoms with E-state index in [0.717, 1.165) is 29.7 Å². The van der Waals surface area contributed by atoms with Gasteiger partial charge in [-0.05, 0) is 50.8 Å². The molecule has 1 aromatic rings. The summed E-state index contributed by atoms with van der Waals surface area (Å²) in [5, 5.41) is 3.02. The molecular weight excluding hydrogens is 304 g/mol. The van der Waals surface area contributed by atoms with Crippen LogP contribution in [0.5, 0.6) is 5.75 Å². The average molecular weight is 332 g/mol. The second kappa shape index (κ2) is 8.18. The Bertz CT molecular complexity index is 590. The van der Waals surface area contributed by atoms with Crippen molar-refractivity contribution in [2.75, 3.05) is 13.1 Å². The summed E-state index contributed by atoms with van der Waals surface area (Å²) in [6.07, 6.45) is 1.63. The third kappa shape index (κ3) is 4.98. The fourth-order valence-electron chi connectivity index (χ4n) is 3.00. The maximum atomic E-state index is 12.3. The Labute approximate surface area is 144 Å². The highest BCUT2D eigenvalue weighted by Gasteiger charge is 2.25. The fourth-order valence-corrected chi connectivity index (χ4v) is 3.00. The summed E-state index contributed by atoms with van der Waals surface area (Å²) in [6, 6.07) is 6.00. The van der Waals surface area contributed by atoms with Gasteiger partial charge in [-0.25, -0.2) is 0 Å². The zero-order chi connectivity index (χ0) is 17.7. The standard InChI is InChI=1S/C19H28N2O3/c1-13(2)24-18-6-5-16(11-14(18)3)12-20-19(23)17-7-9-21(10-8-17)15(4)22/h5-6,11,13,17H,7-10,12H2,1-4H3,(H,20,23). The molecule has 0 spiro atoms. The van der Waals surface area contributed by atoms with Gasteiger partial charge in [0, 0.05) is 32.5 Å². The van der Waals surface area contributed by atoms with Crippen LogP contribution in [0, 0.1) is 12.8 Å². The first-order valence-corrected chi connectivity index (χ1v) is 8.66. The number of aryl methyl sites for hydroxylation is 1. The summed E-state index contributed by atoms with van der Waals surface area (Å²) in [7, 11) is 0. The molecule has 0 aliphatic carbocycles. The van der Waals surface area contributed by atoms with E-state index in [1.165, 1.54) is 0 Å². The van der Waals surface area contributed by atoms with Crippen LogP contribution in [0.25, 0.3) is 0 Å². The lowest BCUT2D eigenvalue weighted by Crippen LogP contribution is -2.42. The normalized spacial score (nSPS) is 15.5. The van der Waals surface area contributed by atoms with E-state index in [1.54, 1.807) is 11.8 Å². The van der Waals surface area contributed by atoms with Gasteiger partial charge in [0.1, 0.15) is 5.75 Å². The van der Waals surface area contributed by atoms with E-state index in [4.69, 9.17) is 4.74 Å². The van der Waals surface area contributed by atoms with Crippen LogP contribution in [-0.4, -0.2) is 35.9 Å². The van der Waals surface area contributed by atoms with Crippen LogP contribution in [0.4, 0.5) is 0 Å². The van der Waals surface area contributed by atoms with E-state index in [1.807, 2.05) is 32.9 Å². The second-order valence-corrected chi connectivity index (χ2v) is 6.76. The lowest BCUT2D eigenvalue weighted by molar-refractivity contribution is -0.134. The number of ether oxygens (including phenoxy) is 1. The molecule has 0 aromatic heterocycles. The Morgan fingerprint density at radius 2 is 1.96 bits per heavy atom. The van der Waals surface area contributed by atoms with Gasteiger partial charge in [0.2, 0.25) is 11.8 Å². The number of benzene rings is 1. The molecule has 5 heteroatoms. The molecule has 0 atom stereocenters. The predicted octanol–water partition coefficient (Wildman–Crippen LogP) is 2.66. The van der Waals surface area contributed by atoms with Crippen LogP contribution in [0.2, 0.25) is 0 Å². The van der Waals surface area contributed by atoms with Crippen molar-refractivity contribution < 1.29 is 14.3 Å². The lowest BCUT2D eigenvalue weighted by atomic mass is 9.96. The van der Waals surface area contributed by atoms with E-state index in [-0.39, 0.29) is 23.8 Å². The van der Waals surface area contributed by atoms with Crippen LogP contribution in [0.1, 0.15) is 44.7 Å². The molecule has 132 valence electrons. The molecule has 0 bridgehead atoms. The minimum atomic E-state index is 0.00486. The maximum Gasteiger partial charge on any atom is 0.223 e. The van der Waals surface area contributed by atoms with Crippen molar-refractivity contribution in [3.05, 3.63) is 29.3 Å². The van der Waals surface area contributed by atoms with Gasteiger partial charge in [-0.3, -0.25) is 9.59 Å². The lowest BCUT2D eigenvalue weighted by Gasteiger charge is -2.30. The summed E-state index contributed by atoms with van der Waals surface area (Å²) >= 11 is 0. The summed E-state index contributed by atoms with van der Waals surface area (Å²) in [5.74, 6) is 1.06. The van der Waals surface area contributed by atoms with Crippen LogP contribution in [-0.2, 0) is 16.1 Å². The molecule has 1 aliphatic rings. The third-order valence-electron chi connectivity index (χ3n) is 4.38. The van der Waals surface area contributed by atoms with Gasteiger partial charge in [-0.2, -0.15) is 0 Å². The highest BCUT2D eigenvalue weighted by Crippen LogP contribution is 2.21. The quantitative estimate of drug-likeness (QED) is 0.902. The molecular formula is C19H28N2O3. The summed E-state index contributed by atoms with van der Waals surface area (Å²) in [4.78, 5) is 25.4. The number of hydrogen-bond acceptors (Lipinski definition) is 3. The molecule has 0 unspecified atom stereocenters. The number of nitrogens with one attached hydrogen (secondary N) is 1. The predicted molar refractivity (Wildman–Crippen MR) is 93.8 cm³/mol. The smallest absolute Gasteiger partial charge is 0.223 e. The first kappa shape index (κ1) is 18.3. The van der Waals surface area contributed by atoms with E-state index >= 15 is 0 Å². The highest BCUT2D eigenvalue weighted by molar-refractivity contribution is 5.79. The Hall–Kier alpha value is -2.04. The molecule has 1 heterocycles. The van der Waals surface area contributed by atoms with Crippen LogP contribution in [0.15, 0.2) is 18.2 Å². The molecule has 1 aliphatic heterocycles. The number of carbonyl (C=O) groups excluding carboxylic acids is 2. The fraction of sp³-hybridized carbons (Fsp3) is 0.579. The van der Waals surface area contributed by atoms with Gasteiger partial charge in [0.15, 0.2) is 0 Å². The van der Waals surface area contributed by atoms with Gasteiger partial charge in [-0.15, -0.1) is 0 Å². The van der Waals surface area contributed by atoms with Crippen molar-refractivity contribution in [3.8, 4) is 5.75 Å². The molecule has 0 radical (unpaired) electrons. The van der Waals surface area contributed by atoms with Crippen molar-refractivity contribution in [3.63, 3.8) is 0 Å². The van der Waals surface area contributed by atoms with E-state index in [2.05, 4.69) is 11.4 Å². The van der Waals surface area contributed by atoms with Crippen molar-refractivity contribution in [1.82, 2.24) is 10.2 Å². The number of hydrogen-bond donors (Lipinski definition) is 1. The van der Waals surface area contributed by atoms with Gasteiger partial charge >= 0.3 is 0 Å². The first-order chi connectivity index (χ1) is 11.4. The SMILES string of the molecule is CC(=O)N1CCC(C(=O)NCc2ccc(OC(C)C)c(C)c2)CC1. The molecule has 2 rings (SSSR count). The molecule has 2 amide bonds. The van der Waals surface area contributed by atoms with Gasteiger partial charge < -0.3 is 15.0 Å². The van der Waals surface area contributed by atoms with Gasteiger partial charge in [0.25, 0.3) is 0 Å². The number of piperidine rings is 1. The van der Waals surface area contributed by atoms with Gasteiger partial charge in [0.05, 0.1) is 6.10 Å². The number of likely N-dealkylation sites (tertiary alicyclic amines) is 1. The first-order valence-electron chi connectivity index (χ1n) is 8.66. The summed E-state index contributed by atoms with van der Waals surface area (Å²) < 4.78 is 5.73. The zero-order valence-electron chi connectivity index (χ0n) is 15.1. The topological polar surface area (TPSA) is 58.6 Å². The number of nitrogens with zero attached hydrogens (tertiary/aromatic N) is 1. The Kier molecular flexibility index (Phi) is 6.23. The Morgan fingerprint density at radius 3 is 2.50 bits per heavy atom. The van der Waals surface area contributed by atoms with Crippen LogP contribution in [0.3, 0.4) is 0 Å². The molecule has 1 N–H and O–H groups in total. The monoisotopic (exact) mass is 332 g/mol. The summed E-state index contributed by atoms with van der Waals surface area (Å²) in [5.41, 5.74) is 2.14. The minimum Gasteiger partial charge on any atom is -0.491 e. The minimum absolute atomic E-state index is 0.00486. The molecule has 0 saturated carbocycles. The largest absolute Gasteiger partial charge is 0.491 e. The van der Waals surface area contributed by atoms with Crippen LogP contribution >= 0.6 is 0 Å². The molecule has 24 heavy (non-hydrogen) atoms. The van der Waals surface area contributed by atoms with Crippen molar-refractivity contribution in [2.24, 2.45) is 5.92 Å². The molecule has 1 fully saturated rings. The number of rotatable bonds is 5. The Morgan fingerprint density at radius 1 is 1.29 bits per heavy atom. The van der Waals surface area contributed by atoms with Crippen molar-refractivity contribution in [2.45, 2.75) is 53.2 Å². The van der Waals surface area contributed by atoms with Crippen molar-refractivity contribution in [1.29, 1.82) is 0 Å². The van der Waals surface area contributed by atoms with Crippen LogP contribution < -0.4 is 10.1 Å². The molecule has 5 nitrogen and oxygen atoms in total. The van der Waals surface area contributed by atoms with E-state index < -0.39 is 0 Å². The van der Waals surface area contributed by atoms with Crippen molar-refractivity contribution >= 4 is 11.8 Å². The number of amides is 2.